The molecule has 0 saturated heterocycles. The fourth-order valence-corrected chi connectivity index (χ4v) is 4.54. The first-order valence-electron chi connectivity index (χ1n) is 8.82. The Morgan fingerprint density at radius 3 is 2.85 bits per heavy atom. The lowest BCUT2D eigenvalue weighted by molar-refractivity contribution is 0.626. The maximum absolute atomic E-state index is 13.3. The van der Waals surface area contributed by atoms with Crippen molar-refractivity contribution in [3.63, 3.8) is 0 Å². The van der Waals surface area contributed by atoms with Crippen LogP contribution in [0.4, 0.5) is 4.39 Å². The van der Waals surface area contributed by atoms with Crippen LogP contribution in [0.25, 0.3) is 16.7 Å². The molecule has 0 bridgehead atoms. The van der Waals surface area contributed by atoms with E-state index < -0.39 is 0 Å². The average Bonchev–Trinajstić information content (AvgIpc) is 3.38. The highest BCUT2D eigenvalue weighted by Crippen LogP contribution is 2.33. The summed E-state index contributed by atoms with van der Waals surface area (Å²) in [6.07, 6.45) is 6.56. The van der Waals surface area contributed by atoms with Crippen molar-refractivity contribution in [2.45, 2.75) is 30.0 Å². The summed E-state index contributed by atoms with van der Waals surface area (Å²) in [6, 6.07) is 6.52. The number of thioether (sulfide) groups is 1. The molecular weight excluding hydrogens is 363 g/mol. The van der Waals surface area contributed by atoms with E-state index in [1.54, 1.807) is 41.1 Å². The first kappa shape index (κ1) is 16.4. The molecule has 3 aromatic heterocycles. The molecule has 0 aliphatic heterocycles. The van der Waals surface area contributed by atoms with Gasteiger partial charge < -0.3 is 0 Å². The molecule has 27 heavy (non-hydrogen) atoms. The fourth-order valence-electron chi connectivity index (χ4n) is 3.62. The van der Waals surface area contributed by atoms with Crippen LogP contribution in [0.3, 0.4) is 0 Å². The fraction of sp³-hybridized carbons (Fsp3) is 0.263. The Morgan fingerprint density at radius 1 is 1.15 bits per heavy atom. The van der Waals surface area contributed by atoms with Crippen LogP contribution in [0.1, 0.15) is 23.4 Å². The molecule has 0 amide bonds. The van der Waals surface area contributed by atoms with E-state index in [1.807, 2.05) is 11.7 Å². The molecule has 0 fully saturated rings. The zero-order valence-electron chi connectivity index (χ0n) is 14.8. The van der Waals surface area contributed by atoms with E-state index in [0.29, 0.717) is 0 Å². The van der Waals surface area contributed by atoms with E-state index in [2.05, 4.69) is 15.1 Å². The highest BCUT2D eigenvalue weighted by Gasteiger charge is 2.23. The summed E-state index contributed by atoms with van der Waals surface area (Å²) in [5, 5.41) is 11.0. The molecule has 1 aliphatic carbocycles. The van der Waals surface area contributed by atoms with Gasteiger partial charge in [0, 0.05) is 18.5 Å². The second-order valence-electron chi connectivity index (χ2n) is 6.59. The smallest absolute Gasteiger partial charge is 0.162 e. The van der Waals surface area contributed by atoms with Gasteiger partial charge in [-0.05, 0) is 49.1 Å². The van der Waals surface area contributed by atoms with E-state index in [0.717, 1.165) is 52.5 Å². The molecule has 0 spiro atoms. The molecule has 4 aromatic rings. The number of halogens is 1. The third kappa shape index (κ3) is 2.80. The minimum absolute atomic E-state index is 0.234. The van der Waals surface area contributed by atoms with Crippen molar-refractivity contribution in [1.29, 1.82) is 0 Å². The lowest BCUT2D eigenvalue weighted by Crippen LogP contribution is -2.01. The van der Waals surface area contributed by atoms with E-state index in [4.69, 9.17) is 5.10 Å². The quantitative estimate of drug-likeness (QED) is 0.401. The summed E-state index contributed by atoms with van der Waals surface area (Å²) >= 11 is 1.65. The van der Waals surface area contributed by atoms with E-state index in [1.165, 1.54) is 23.4 Å². The SMILES string of the molecule is Cn1ncc2c(SCc3nn(-c4ccc(F)cc4)c4c3CCC4)ncnc21. The predicted molar refractivity (Wildman–Crippen MR) is 101 cm³/mol. The van der Waals surface area contributed by atoms with Gasteiger partial charge in [-0.2, -0.15) is 10.2 Å². The van der Waals surface area contributed by atoms with Crippen molar-refractivity contribution in [2.24, 2.45) is 7.05 Å². The second kappa shape index (κ2) is 6.45. The van der Waals surface area contributed by atoms with Gasteiger partial charge in [0.2, 0.25) is 0 Å². The summed E-state index contributed by atoms with van der Waals surface area (Å²) in [5.74, 6) is 0.500. The van der Waals surface area contributed by atoms with Gasteiger partial charge in [-0.15, -0.1) is 0 Å². The van der Waals surface area contributed by atoms with Gasteiger partial charge in [0.15, 0.2) is 5.65 Å². The molecule has 0 atom stereocenters. The Hall–Kier alpha value is -2.74. The number of aromatic nitrogens is 6. The van der Waals surface area contributed by atoms with Crippen LogP contribution >= 0.6 is 11.8 Å². The van der Waals surface area contributed by atoms with Gasteiger partial charge in [-0.3, -0.25) is 4.68 Å². The van der Waals surface area contributed by atoms with E-state index in [9.17, 15) is 4.39 Å². The number of rotatable bonds is 4. The number of hydrogen-bond donors (Lipinski definition) is 0. The first-order chi connectivity index (χ1) is 13.2. The maximum atomic E-state index is 13.3. The Labute approximate surface area is 159 Å². The molecule has 3 heterocycles. The van der Waals surface area contributed by atoms with Crippen molar-refractivity contribution < 1.29 is 4.39 Å². The monoisotopic (exact) mass is 380 g/mol. The third-order valence-corrected chi connectivity index (χ3v) is 5.94. The zero-order chi connectivity index (χ0) is 18.4. The summed E-state index contributed by atoms with van der Waals surface area (Å²) < 4.78 is 17.0. The molecule has 0 N–H and O–H groups in total. The molecule has 0 saturated carbocycles. The third-order valence-electron chi connectivity index (χ3n) is 4.92. The summed E-state index contributed by atoms with van der Waals surface area (Å²) in [6.45, 7) is 0. The Bertz CT molecular complexity index is 1130. The van der Waals surface area contributed by atoms with Gasteiger partial charge >= 0.3 is 0 Å². The minimum Gasteiger partial charge on any atom is -0.250 e. The minimum atomic E-state index is -0.234. The van der Waals surface area contributed by atoms with E-state index >= 15 is 0 Å². The largest absolute Gasteiger partial charge is 0.250 e. The Kier molecular flexibility index (Phi) is 3.93. The Morgan fingerprint density at radius 2 is 2.00 bits per heavy atom. The van der Waals surface area contributed by atoms with Crippen LogP contribution in [-0.2, 0) is 25.6 Å². The molecule has 0 radical (unpaired) electrons. The second-order valence-corrected chi connectivity index (χ2v) is 7.55. The predicted octanol–water partition coefficient (Wildman–Crippen LogP) is 3.47. The molecule has 1 aliphatic rings. The van der Waals surface area contributed by atoms with Crippen LogP contribution in [0.15, 0.2) is 41.8 Å². The number of hydrogen-bond acceptors (Lipinski definition) is 5. The normalized spacial score (nSPS) is 13.4. The van der Waals surface area contributed by atoms with Gasteiger partial charge in [-0.25, -0.2) is 19.0 Å². The van der Waals surface area contributed by atoms with Crippen molar-refractivity contribution in [3.8, 4) is 5.69 Å². The summed E-state index contributed by atoms with van der Waals surface area (Å²) in [7, 11) is 1.88. The van der Waals surface area contributed by atoms with Crippen LogP contribution < -0.4 is 0 Å². The van der Waals surface area contributed by atoms with Crippen molar-refractivity contribution in [3.05, 3.63) is 59.6 Å². The maximum Gasteiger partial charge on any atom is 0.162 e. The lowest BCUT2D eigenvalue weighted by Gasteiger charge is -2.05. The van der Waals surface area contributed by atoms with E-state index in [-0.39, 0.29) is 5.82 Å². The van der Waals surface area contributed by atoms with Gasteiger partial charge in [0.1, 0.15) is 17.2 Å². The van der Waals surface area contributed by atoms with Crippen LogP contribution in [0.2, 0.25) is 0 Å². The van der Waals surface area contributed by atoms with Gasteiger partial charge in [-0.1, -0.05) is 11.8 Å². The number of benzene rings is 1. The van der Waals surface area contributed by atoms with Crippen LogP contribution in [-0.4, -0.2) is 29.5 Å². The standard InChI is InChI=1S/C19H17FN6S/c1-25-18-15(9-23-25)19(22-11-21-18)27-10-16-14-3-2-4-17(14)26(24-16)13-7-5-12(20)6-8-13/h5-9,11H,2-4,10H2,1H3. The highest BCUT2D eigenvalue weighted by atomic mass is 32.2. The molecule has 5 rings (SSSR count). The molecule has 136 valence electrons. The number of aryl methyl sites for hydroxylation is 1. The zero-order valence-corrected chi connectivity index (χ0v) is 15.6. The van der Waals surface area contributed by atoms with Crippen molar-refractivity contribution >= 4 is 22.8 Å². The van der Waals surface area contributed by atoms with Crippen molar-refractivity contribution in [2.75, 3.05) is 0 Å². The molecule has 0 unspecified atom stereocenters. The topological polar surface area (TPSA) is 61.4 Å². The lowest BCUT2D eigenvalue weighted by atomic mass is 10.2. The summed E-state index contributed by atoms with van der Waals surface area (Å²) in [5.41, 5.74) is 5.37. The molecule has 1 aromatic carbocycles. The molecule has 8 heteroatoms. The number of nitrogens with zero attached hydrogens (tertiary/aromatic N) is 6. The van der Waals surface area contributed by atoms with Crippen molar-refractivity contribution in [1.82, 2.24) is 29.5 Å². The van der Waals surface area contributed by atoms with Crippen LogP contribution in [0.5, 0.6) is 0 Å². The number of fused-ring (bicyclic) bond motifs is 2. The Balaban J connectivity index is 1.47. The molecular formula is C19H17FN6S. The van der Waals surface area contributed by atoms with Gasteiger partial charge in [0.05, 0.1) is 23.0 Å². The first-order valence-corrected chi connectivity index (χ1v) is 9.80. The highest BCUT2D eigenvalue weighted by molar-refractivity contribution is 7.98. The summed E-state index contributed by atoms with van der Waals surface area (Å²) in [4.78, 5) is 8.72. The van der Waals surface area contributed by atoms with Crippen LogP contribution in [0, 0.1) is 5.82 Å². The van der Waals surface area contributed by atoms with Gasteiger partial charge in [0.25, 0.3) is 0 Å². The average molecular weight is 380 g/mol. The molecule has 6 nitrogen and oxygen atoms in total.